The predicted octanol–water partition coefficient (Wildman–Crippen LogP) is 1.39. The fourth-order valence-corrected chi connectivity index (χ4v) is 2.38. The second-order valence-electron chi connectivity index (χ2n) is 5.70. The summed E-state index contributed by atoms with van der Waals surface area (Å²) in [6, 6.07) is -0.0834. The van der Waals surface area contributed by atoms with Gasteiger partial charge in [-0.25, -0.2) is 4.79 Å². The standard InChI is InChI=1S/C14H26N2O4/c1-3-4-7-15(10-11-17)13(20)16-8-5-14(2,6-9-16)12(18)19/h17H,3-11H2,1-2H3,(H,18,19). The molecule has 1 fully saturated rings. The van der Waals surface area contributed by atoms with Gasteiger partial charge in [0.2, 0.25) is 0 Å². The van der Waals surface area contributed by atoms with Gasteiger partial charge in [0, 0.05) is 26.2 Å². The maximum absolute atomic E-state index is 12.4. The van der Waals surface area contributed by atoms with Crippen LogP contribution >= 0.6 is 0 Å². The lowest BCUT2D eigenvalue weighted by atomic mass is 9.80. The van der Waals surface area contributed by atoms with Crippen LogP contribution in [0, 0.1) is 5.41 Å². The zero-order valence-electron chi connectivity index (χ0n) is 12.5. The van der Waals surface area contributed by atoms with E-state index in [-0.39, 0.29) is 12.6 Å². The smallest absolute Gasteiger partial charge is 0.320 e. The number of aliphatic hydroxyl groups is 1. The van der Waals surface area contributed by atoms with Crippen LogP contribution in [0.5, 0.6) is 0 Å². The Bertz CT molecular complexity index is 338. The van der Waals surface area contributed by atoms with Gasteiger partial charge in [0.1, 0.15) is 0 Å². The van der Waals surface area contributed by atoms with E-state index in [4.69, 9.17) is 5.11 Å². The van der Waals surface area contributed by atoms with E-state index in [1.165, 1.54) is 0 Å². The van der Waals surface area contributed by atoms with E-state index in [0.29, 0.717) is 39.0 Å². The Morgan fingerprint density at radius 1 is 1.25 bits per heavy atom. The van der Waals surface area contributed by atoms with Gasteiger partial charge < -0.3 is 20.0 Å². The van der Waals surface area contributed by atoms with Crippen LogP contribution in [-0.2, 0) is 4.79 Å². The van der Waals surface area contributed by atoms with Gasteiger partial charge in [-0.3, -0.25) is 4.79 Å². The summed E-state index contributed by atoms with van der Waals surface area (Å²) in [5, 5.41) is 18.2. The molecule has 6 nitrogen and oxygen atoms in total. The molecule has 2 N–H and O–H groups in total. The van der Waals surface area contributed by atoms with Gasteiger partial charge in [-0.1, -0.05) is 13.3 Å². The van der Waals surface area contributed by atoms with Gasteiger partial charge >= 0.3 is 12.0 Å². The third kappa shape index (κ3) is 4.10. The van der Waals surface area contributed by atoms with Crippen molar-refractivity contribution in [3.8, 4) is 0 Å². The summed E-state index contributed by atoms with van der Waals surface area (Å²) in [7, 11) is 0. The number of unbranched alkanes of at least 4 members (excludes halogenated alkanes) is 1. The van der Waals surface area contributed by atoms with E-state index in [9.17, 15) is 14.7 Å². The van der Waals surface area contributed by atoms with Crippen molar-refractivity contribution in [2.45, 2.75) is 39.5 Å². The van der Waals surface area contributed by atoms with Crippen molar-refractivity contribution in [3.63, 3.8) is 0 Å². The molecule has 2 amide bonds. The van der Waals surface area contributed by atoms with Crippen LogP contribution in [-0.4, -0.2) is 64.8 Å². The monoisotopic (exact) mass is 286 g/mol. The van der Waals surface area contributed by atoms with Gasteiger partial charge in [0.25, 0.3) is 0 Å². The Morgan fingerprint density at radius 2 is 1.85 bits per heavy atom. The van der Waals surface area contributed by atoms with Crippen molar-refractivity contribution >= 4 is 12.0 Å². The van der Waals surface area contributed by atoms with Crippen molar-refractivity contribution in [1.82, 2.24) is 9.80 Å². The first-order chi connectivity index (χ1) is 9.44. The molecule has 0 aromatic carbocycles. The molecule has 1 aliphatic rings. The Balaban J connectivity index is 2.57. The highest BCUT2D eigenvalue weighted by Crippen LogP contribution is 2.31. The number of carboxylic acids is 1. The molecular formula is C14H26N2O4. The molecule has 0 aromatic heterocycles. The molecule has 1 heterocycles. The largest absolute Gasteiger partial charge is 0.481 e. The van der Waals surface area contributed by atoms with E-state index in [2.05, 4.69) is 6.92 Å². The number of urea groups is 1. The molecule has 1 rings (SSSR count). The van der Waals surface area contributed by atoms with Crippen LogP contribution in [0.25, 0.3) is 0 Å². The van der Waals surface area contributed by atoms with Crippen LogP contribution in [0.2, 0.25) is 0 Å². The quantitative estimate of drug-likeness (QED) is 0.773. The molecule has 0 saturated carbocycles. The second kappa shape index (κ2) is 7.47. The van der Waals surface area contributed by atoms with E-state index in [0.717, 1.165) is 12.8 Å². The minimum atomic E-state index is -0.789. The number of hydrogen-bond donors (Lipinski definition) is 2. The number of carbonyl (C=O) groups is 2. The molecule has 1 aliphatic heterocycles. The highest BCUT2D eigenvalue weighted by atomic mass is 16.4. The molecule has 0 radical (unpaired) electrons. The number of amides is 2. The third-order valence-electron chi connectivity index (χ3n) is 4.08. The summed E-state index contributed by atoms with van der Waals surface area (Å²) in [5.74, 6) is -0.789. The maximum atomic E-state index is 12.4. The number of likely N-dealkylation sites (tertiary alicyclic amines) is 1. The number of nitrogens with zero attached hydrogens (tertiary/aromatic N) is 2. The molecule has 20 heavy (non-hydrogen) atoms. The van der Waals surface area contributed by atoms with Crippen LogP contribution in [0.3, 0.4) is 0 Å². The summed E-state index contributed by atoms with van der Waals surface area (Å²) in [5.41, 5.74) is -0.720. The van der Waals surface area contributed by atoms with Crippen molar-refractivity contribution in [3.05, 3.63) is 0 Å². The molecular weight excluding hydrogens is 260 g/mol. The van der Waals surface area contributed by atoms with Crippen LogP contribution in [0.4, 0.5) is 4.79 Å². The Labute approximate surface area is 120 Å². The minimum absolute atomic E-state index is 0.0455. The highest BCUT2D eigenvalue weighted by Gasteiger charge is 2.38. The van der Waals surface area contributed by atoms with Gasteiger partial charge in [-0.05, 0) is 26.2 Å². The average Bonchev–Trinajstić information content (AvgIpc) is 2.43. The first-order valence-corrected chi connectivity index (χ1v) is 7.32. The first-order valence-electron chi connectivity index (χ1n) is 7.32. The molecule has 116 valence electrons. The fraction of sp³-hybridized carbons (Fsp3) is 0.857. The molecule has 0 aliphatic carbocycles. The van der Waals surface area contributed by atoms with Crippen molar-refractivity contribution in [2.75, 3.05) is 32.8 Å². The van der Waals surface area contributed by atoms with E-state index >= 15 is 0 Å². The molecule has 0 bridgehead atoms. The van der Waals surface area contributed by atoms with Crippen LogP contribution in [0.15, 0.2) is 0 Å². The number of rotatable bonds is 6. The predicted molar refractivity (Wildman–Crippen MR) is 75.5 cm³/mol. The lowest BCUT2D eigenvalue weighted by Crippen LogP contribution is -2.50. The molecule has 0 spiro atoms. The number of aliphatic carboxylic acids is 1. The molecule has 6 heteroatoms. The average molecular weight is 286 g/mol. The topological polar surface area (TPSA) is 81.1 Å². The van der Waals surface area contributed by atoms with Crippen molar-refractivity contribution in [1.29, 1.82) is 0 Å². The van der Waals surface area contributed by atoms with Gasteiger partial charge in [0.15, 0.2) is 0 Å². The van der Waals surface area contributed by atoms with E-state index in [1.54, 1.807) is 16.7 Å². The Kier molecular flexibility index (Phi) is 6.26. The summed E-state index contributed by atoms with van der Waals surface area (Å²) >= 11 is 0. The number of piperidine rings is 1. The number of hydrogen-bond acceptors (Lipinski definition) is 3. The second-order valence-corrected chi connectivity index (χ2v) is 5.70. The van der Waals surface area contributed by atoms with Crippen molar-refractivity contribution < 1.29 is 19.8 Å². The highest BCUT2D eigenvalue weighted by molar-refractivity contribution is 5.77. The number of carboxylic acid groups (broad SMARTS) is 1. The van der Waals surface area contributed by atoms with Crippen LogP contribution in [0.1, 0.15) is 39.5 Å². The zero-order valence-corrected chi connectivity index (χ0v) is 12.5. The lowest BCUT2D eigenvalue weighted by Gasteiger charge is -2.38. The zero-order chi connectivity index (χ0) is 15.2. The molecule has 0 atom stereocenters. The number of carbonyl (C=O) groups excluding carboxylic acids is 1. The summed E-state index contributed by atoms with van der Waals surface area (Å²) < 4.78 is 0. The number of aliphatic hydroxyl groups excluding tert-OH is 1. The van der Waals surface area contributed by atoms with E-state index in [1.807, 2.05) is 0 Å². The normalized spacial score (nSPS) is 17.9. The van der Waals surface area contributed by atoms with E-state index < -0.39 is 11.4 Å². The van der Waals surface area contributed by atoms with Gasteiger partial charge in [0.05, 0.1) is 12.0 Å². The van der Waals surface area contributed by atoms with Gasteiger partial charge in [-0.2, -0.15) is 0 Å². The maximum Gasteiger partial charge on any atom is 0.320 e. The molecule has 0 aromatic rings. The lowest BCUT2D eigenvalue weighted by molar-refractivity contribution is -0.150. The molecule has 1 saturated heterocycles. The summed E-state index contributed by atoms with van der Waals surface area (Å²) in [6.45, 7) is 5.66. The van der Waals surface area contributed by atoms with Crippen LogP contribution < -0.4 is 0 Å². The summed E-state index contributed by atoms with van der Waals surface area (Å²) in [6.07, 6.45) is 2.86. The van der Waals surface area contributed by atoms with Crippen molar-refractivity contribution in [2.24, 2.45) is 5.41 Å². The summed E-state index contributed by atoms with van der Waals surface area (Å²) in [4.78, 5) is 26.9. The Hall–Kier alpha value is -1.30. The van der Waals surface area contributed by atoms with Gasteiger partial charge in [-0.15, -0.1) is 0 Å². The minimum Gasteiger partial charge on any atom is -0.481 e. The third-order valence-corrected chi connectivity index (χ3v) is 4.08. The SMILES string of the molecule is CCCCN(CCO)C(=O)N1CCC(C)(C(=O)O)CC1. The fourth-order valence-electron chi connectivity index (χ4n) is 2.38. The Morgan fingerprint density at radius 3 is 2.30 bits per heavy atom. The first kappa shape index (κ1) is 16.8. The molecule has 0 unspecified atom stereocenters.